The van der Waals surface area contributed by atoms with Gasteiger partial charge in [0.2, 0.25) is 17.7 Å². The molecule has 0 radical (unpaired) electrons. The first kappa shape index (κ1) is 17.1. The number of amides is 3. The van der Waals surface area contributed by atoms with E-state index < -0.39 is 17.4 Å². The topological polar surface area (TPSA) is 110 Å². The summed E-state index contributed by atoms with van der Waals surface area (Å²) in [6.07, 6.45) is 5.22. The third-order valence-electron chi connectivity index (χ3n) is 6.68. The maximum atomic E-state index is 12.9. The highest BCUT2D eigenvalue weighted by atomic mass is 16.6. The molecule has 6 rings (SSSR count). The smallest absolute Gasteiger partial charge is 0.293 e. The number of aryl methyl sites for hydroxylation is 1. The zero-order valence-electron chi connectivity index (χ0n) is 15.2. The largest absolute Gasteiger partial charge is 0.319 e. The molecule has 28 heavy (non-hydrogen) atoms. The first-order chi connectivity index (χ1) is 13.4. The van der Waals surface area contributed by atoms with Crippen molar-refractivity contribution in [2.45, 2.75) is 13.3 Å². The summed E-state index contributed by atoms with van der Waals surface area (Å²) in [6.45, 7) is 1.30. The Morgan fingerprint density at radius 2 is 1.79 bits per heavy atom. The van der Waals surface area contributed by atoms with Crippen LogP contribution in [0, 0.1) is 52.5 Å². The van der Waals surface area contributed by atoms with Crippen LogP contribution in [0.4, 0.5) is 11.4 Å². The second-order valence-electron chi connectivity index (χ2n) is 8.24. The normalized spacial score (nSPS) is 34.2. The second kappa shape index (κ2) is 5.73. The molecule has 4 aliphatic carbocycles. The summed E-state index contributed by atoms with van der Waals surface area (Å²) >= 11 is 0. The molecule has 8 nitrogen and oxygen atoms in total. The lowest BCUT2D eigenvalue weighted by Gasteiger charge is -2.37. The molecule has 6 atom stereocenters. The SMILES string of the molecule is Cc1ccc(NC(=O)CN2C(=O)[C@@H]3[C@H]4C=C[C@@H]([C@@H]5C[C@H]45)[C@H]3C2=O)c([N+](=O)[O-])c1. The zero-order chi connectivity index (χ0) is 19.7. The minimum atomic E-state index is -0.613. The van der Waals surface area contributed by atoms with E-state index >= 15 is 0 Å². The molecular weight excluding hydrogens is 362 g/mol. The molecule has 3 amide bonds. The first-order valence-corrected chi connectivity index (χ1v) is 9.45. The lowest BCUT2D eigenvalue weighted by molar-refractivity contribution is -0.384. The Morgan fingerprint density at radius 3 is 2.36 bits per heavy atom. The Kier molecular flexibility index (Phi) is 3.50. The van der Waals surface area contributed by atoms with E-state index in [1.54, 1.807) is 13.0 Å². The van der Waals surface area contributed by atoms with Crippen LogP contribution >= 0.6 is 0 Å². The number of nitro groups is 1. The van der Waals surface area contributed by atoms with Crippen LogP contribution in [0.15, 0.2) is 30.4 Å². The summed E-state index contributed by atoms with van der Waals surface area (Å²) in [5.74, 6) is -0.695. The summed E-state index contributed by atoms with van der Waals surface area (Å²) in [4.78, 5) is 50.0. The van der Waals surface area contributed by atoms with E-state index in [1.165, 1.54) is 12.1 Å². The number of imide groups is 1. The molecule has 1 aromatic rings. The van der Waals surface area contributed by atoms with Gasteiger partial charge in [-0.2, -0.15) is 0 Å². The summed E-state index contributed by atoms with van der Waals surface area (Å²) in [6, 6.07) is 4.47. The van der Waals surface area contributed by atoms with Crippen LogP contribution in [0.3, 0.4) is 0 Å². The zero-order valence-corrected chi connectivity index (χ0v) is 15.2. The van der Waals surface area contributed by atoms with Crippen LogP contribution in [0.2, 0.25) is 0 Å². The average molecular weight is 381 g/mol. The second-order valence-corrected chi connectivity index (χ2v) is 8.24. The van der Waals surface area contributed by atoms with E-state index in [1.807, 2.05) is 0 Å². The number of benzene rings is 1. The van der Waals surface area contributed by atoms with Crippen molar-refractivity contribution in [3.63, 3.8) is 0 Å². The molecule has 0 spiro atoms. The quantitative estimate of drug-likeness (QED) is 0.371. The molecule has 0 aromatic heterocycles. The maximum Gasteiger partial charge on any atom is 0.293 e. The summed E-state index contributed by atoms with van der Waals surface area (Å²) in [5.41, 5.74) is 0.531. The van der Waals surface area contributed by atoms with E-state index in [2.05, 4.69) is 17.5 Å². The lowest BCUT2D eigenvalue weighted by Crippen LogP contribution is -2.40. The number of allylic oxidation sites excluding steroid dienone is 2. The van der Waals surface area contributed by atoms with Gasteiger partial charge in [0.05, 0.1) is 16.8 Å². The molecule has 2 saturated carbocycles. The molecular formula is C20H19N3O5. The van der Waals surface area contributed by atoms with Crippen LogP contribution in [0.25, 0.3) is 0 Å². The molecule has 8 heteroatoms. The van der Waals surface area contributed by atoms with E-state index in [4.69, 9.17) is 0 Å². The predicted octanol–water partition coefficient (Wildman–Crippen LogP) is 1.89. The molecule has 5 aliphatic rings. The molecule has 1 aromatic carbocycles. The number of carbonyl (C=O) groups excluding carboxylic acids is 3. The Hall–Kier alpha value is -3.03. The molecule has 1 heterocycles. The third kappa shape index (κ3) is 2.33. The Bertz CT molecular complexity index is 935. The van der Waals surface area contributed by atoms with Gasteiger partial charge >= 0.3 is 0 Å². The Morgan fingerprint density at radius 1 is 1.18 bits per heavy atom. The monoisotopic (exact) mass is 381 g/mol. The highest BCUT2D eigenvalue weighted by molar-refractivity contribution is 6.09. The van der Waals surface area contributed by atoms with Gasteiger partial charge in [-0.3, -0.25) is 29.4 Å². The van der Waals surface area contributed by atoms with Gasteiger partial charge in [0.25, 0.3) is 5.69 Å². The summed E-state index contributed by atoms with van der Waals surface area (Å²) in [7, 11) is 0. The van der Waals surface area contributed by atoms with Crippen LogP contribution < -0.4 is 5.32 Å². The fourth-order valence-corrected chi connectivity index (χ4v) is 5.41. The van der Waals surface area contributed by atoms with Crippen molar-refractivity contribution in [1.29, 1.82) is 0 Å². The van der Waals surface area contributed by atoms with Gasteiger partial charge in [-0.1, -0.05) is 18.2 Å². The number of likely N-dealkylation sites (tertiary alicyclic amines) is 1. The molecule has 2 bridgehead atoms. The molecule has 1 N–H and O–H groups in total. The van der Waals surface area contributed by atoms with Gasteiger partial charge in [-0.05, 0) is 48.6 Å². The van der Waals surface area contributed by atoms with Crippen molar-refractivity contribution in [2.75, 3.05) is 11.9 Å². The van der Waals surface area contributed by atoms with Gasteiger partial charge in [0, 0.05) is 6.07 Å². The van der Waals surface area contributed by atoms with E-state index in [0.717, 1.165) is 11.3 Å². The maximum absolute atomic E-state index is 12.9. The summed E-state index contributed by atoms with van der Waals surface area (Å²) in [5, 5.41) is 13.7. The third-order valence-corrected chi connectivity index (χ3v) is 6.68. The number of nitrogens with one attached hydrogen (secondary N) is 1. The molecule has 1 aliphatic heterocycles. The number of anilines is 1. The van der Waals surface area contributed by atoms with Gasteiger partial charge in [0.15, 0.2) is 0 Å². The number of hydrogen-bond donors (Lipinski definition) is 1. The van der Waals surface area contributed by atoms with Crippen LogP contribution in [-0.4, -0.2) is 34.1 Å². The fourth-order valence-electron chi connectivity index (χ4n) is 5.41. The number of hydrogen-bond acceptors (Lipinski definition) is 5. The number of nitro benzene ring substituents is 1. The van der Waals surface area contributed by atoms with Crippen molar-refractivity contribution >= 4 is 29.1 Å². The first-order valence-electron chi connectivity index (χ1n) is 9.45. The number of carbonyl (C=O) groups is 3. The van der Waals surface area contributed by atoms with Crippen molar-refractivity contribution in [1.82, 2.24) is 4.90 Å². The average Bonchev–Trinajstić information content (AvgIpc) is 3.44. The Labute approximate surface area is 160 Å². The van der Waals surface area contributed by atoms with Crippen molar-refractivity contribution in [3.8, 4) is 0 Å². The van der Waals surface area contributed by atoms with Crippen molar-refractivity contribution < 1.29 is 19.3 Å². The molecule has 0 unspecified atom stereocenters. The predicted molar refractivity (Wildman–Crippen MR) is 97.9 cm³/mol. The van der Waals surface area contributed by atoms with Gasteiger partial charge in [-0.25, -0.2) is 0 Å². The molecule has 1 saturated heterocycles. The highest BCUT2D eigenvalue weighted by Gasteiger charge is 2.67. The summed E-state index contributed by atoms with van der Waals surface area (Å²) < 4.78 is 0. The van der Waals surface area contributed by atoms with Crippen LogP contribution in [0.1, 0.15) is 12.0 Å². The minimum Gasteiger partial charge on any atom is -0.319 e. The van der Waals surface area contributed by atoms with Crippen LogP contribution in [-0.2, 0) is 14.4 Å². The lowest BCUT2D eigenvalue weighted by atomic mass is 9.63. The van der Waals surface area contributed by atoms with Crippen LogP contribution in [0.5, 0.6) is 0 Å². The van der Waals surface area contributed by atoms with Crippen molar-refractivity contribution in [3.05, 3.63) is 46.0 Å². The fraction of sp³-hybridized carbons (Fsp3) is 0.450. The van der Waals surface area contributed by atoms with E-state index in [9.17, 15) is 24.5 Å². The Balaban J connectivity index is 1.34. The molecule has 144 valence electrons. The highest BCUT2D eigenvalue weighted by Crippen LogP contribution is 2.65. The molecule has 3 fully saturated rings. The van der Waals surface area contributed by atoms with E-state index in [-0.39, 0.29) is 46.9 Å². The minimum absolute atomic E-state index is 0.0556. The van der Waals surface area contributed by atoms with Gasteiger partial charge < -0.3 is 5.32 Å². The van der Waals surface area contributed by atoms with E-state index in [0.29, 0.717) is 17.4 Å². The number of rotatable bonds is 4. The van der Waals surface area contributed by atoms with Crippen molar-refractivity contribution in [2.24, 2.45) is 35.5 Å². The number of nitrogens with zero attached hydrogens (tertiary/aromatic N) is 2. The van der Waals surface area contributed by atoms with Gasteiger partial charge in [0.1, 0.15) is 12.2 Å². The van der Waals surface area contributed by atoms with Gasteiger partial charge in [-0.15, -0.1) is 0 Å². The standard InChI is InChI=1S/C20H19N3O5/c1-9-2-5-14(15(6-9)23(27)28)21-16(24)8-22-19(25)17-10-3-4-11(13-7-12(10)13)18(17)20(22)26/h2-6,10-13,17-18H,7-8H2,1H3,(H,21,24)/t10-,11-,12-,13+,17+,18+/m0/s1.